The monoisotopic (exact) mass is 1250 g/mol. The molecule has 82 heavy (non-hydrogen) atoms. The number of ether oxygens (including phenoxy) is 2. The first-order chi connectivity index (χ1) is 36.9. The van der Waals surface area contributed by atoms with E-state index in [0.717, 1.165) is 29.1 Å². The third-order valence-electron chi connectivity index (χ3n) is 18.1. The van der Waals surface area contributed by atoms with Crippen LogP contribution in [0.25, 0.3) is 0 Å². The van der Waals surface area contributed by atoms with Crippen LogP contribution < -0.4 is 34.0 Å². The Morgan fingerprint density at radius 3 is 1.09 bits per heavy atom. The third-order valence-corrected chi connectivity index (χ3v) is 38.1. The van der Waals surface area contributed by atoms with Gasteiger partial charge in [-0.15, -0.1) is 0 Å². The fraction of sp³-hybridized carbons (Fsp3) is 0.704. The van der Waals surface area contributed by atoms with Crippen LogP contribution in [0.4, 0.5) is 0 Å². The fourth-order valence-electron chi connectivity index (χ4n) is 8.91. The number of hydrogen-bond donors (Lipinski definition) is 2. The topological polar surface area (TPSA) is 282 Å². The van der Waals surface area contributed by atoms with Gasteiger partial charge in [-0.25, -0.2) is 27.1 Å². The van der Waals surface area contributed by atoms with Gasteiger partial charge in [-0.3, -0.25) is 18.7 Å². The lowest BCUT2D eigenvalue weighted by Crippen LogP contribution is -2.59. The number of rotatable bonds is 14. The van der Waals surface area contributed by atoms with Crippen LogP contribution in [0.3, 0.4) is 0 Å². The van der Waals surface area contributed by atoms with Gasteiger partial charge in [0.15, 0.2) is 56.9 Å². The van der Waals surface area contributed by atoms with E-state index in [9.17, 15) is 36.0 Å². The summed E-state index contributed by atoms with van der Waals surface area (Å²) in [5, 5.41) is 0.274. The van der Waals surface area contributed by atoms with Gasteiger partial charge in [0.1, 0.15) is 24.4 Å². The Morgan fingerprint density at radius 1 is 0.537 bits per heavy atom. The Bertz CT molecular complexity index is 3310. The van der Waals surface area contributed by atoms with Crippen molar-refractivity contribution in [3.63, 3.8) is 0 Å². The molecule has 8 atom stereocenters. The Hall–Kier alpha value is -3.99. The number of hydrogen-bond acceptors (Lipinski definition) is 18. The predicted molar refractivity (Wildman–Crippen MR) is 323 cm³/mol. The summed E-state index contributed by atoms with van der Waals surface area (Å²) < 4.78 is 110. The van der Waals surface area contributed by atoms with Crippen LogP contribution in [0.2, 0.25) is 72.5 Å². The Labute approximate surface area is 488 Å². The van der Waals surface area contributed by atoms with Crippen molar-refractivity contribution < 1.29 is 52.4 Å². The molecule has 4 N–H and O–H groups in total. The van der Waals surface area contributed by atoms with Crippen LogP contribution in [0.15, 0.2) is 53.8 Å². The van der Waals surface area contributed by atoms with E-state index in [2.05, 4.69) is 65.2 Å². The van der Waals surface area contributed by atoms with Gasteiger partial charge < -0.3 is 38.6 Å². The van der Waals surface area contributed by atoms with Crippen molar-refractivity contribution in [3.8, 4) is 23.7 Å². The second-order valence-electron chi connectivity index (χ2n) is 28.0. The molecule has 28 heteroatoms. The summed E-state index contributed by atoms with van der Waals surface area (Å²) >= 11 is 0. The minimum absolute atomic E-state index is 0.110. The van der Waals surface area contributed by atoms with Gasteiger partial charge in [0.05, 0.1) is 48.5 Å². The van der Waals surface area contributed by atoms with Gasteiger partial charge in [-0.05, 0) is 98.2 Å². The van der Waals surface area contributed by atoms with E-state index in [1.54, 1.807) is 0 Å². The molecule has 22 nitrogen and oxygen atoms in total. The second-order valence-corrected chi connectivity index (χ2v) is 50.0. The summed E-state index contributed by atoms with van der Waals surface area (Å²) in [6, 6.07) is 0. The molecule has 0 radical (unpaired) electrons. The fourth-order valence-corrected chi connectivity index (χ4v) is 15.9. The summed E-state index contributed by atoms with van der Waals surface area (Å²) in [6.07, 6.45) is -5.25. The molecule has 458 valence electrons. The van der Waals surface area contributed by atoms with Crippen LogP contribution in [-0.4, -0.2) is 117 Å². The quantitative estimate of drug-likeness (QED) is 0.123. The zero-order valence-electron chi connectivity index (χ0n) is 51.9. The summed E-state index contributed by atoms with van der Waals surface area (Å²) in [5.74, 6) is 10.7. The SMILES string of the molecule is Cc1cn(C2OC(CO[Si](C)(C)C(C)(C)C)C3(OS(=O)(=O)C=C3N)C2O[Si](C)(C)C(C)(C)C)c(=O)n(CC#CC#CCn2c(=O)c(C)cn(C3OC(CO[Si](C)(C)C(C)(C)C)C4(OS(=O)(=O)C=C4N)C3O[Si](C)(C)C(C)(C)C)c2=O)c1=O. The molecule has 0 bridgehead atoms. The van der Waals surface area contributed by atoms with E-state index < -0.39 is 147 Å². The average Bonchev–Trinajstić information content (AvgIpc) is 4.13. The Kier molecular flexibility index (Phi) is 18.1. The van der Waals surface area contributed by atoms with E-state index in [-0.39, 0.29) is 45.8 Å². The van der Waals surface area contributed by atoms with Crippen LogP contribution in [-0.2, 0) is 68.9 Å². The van der Waals surface area contributed by atoms with Gasteiger partial charge in [-0.1, -0.05) is 94.9 Å². The zero-order valence-corrected chi connectivity index (χ0v) is 57.5. The maximum atomic E-state index is 14.7. The minimum Gasteiger partial charge on any atom is -0.414 e. The van der Waals surface area contributed by atoms with Crippen molar-refractivity contribution in [1.82, 2.24) is 18.3 Å². The molecule has 2 fully saturated rings. The summed E-state index contributed by atoms with van der Waals surface area (Å²) in [6.45, 7) is 41.9. The molecule has 0 amide bonds. The van der Waals surface area contributed by atoms with E-state index in [0.29, 0.717) is 0 Å². The minimum atomic E-state index is -4.38. The molecule has 6 rings (SSSR count). The highest BCUT2D eigenvalue weighted by molar-refractivity contribution is 7.90. The zero-order chi connectivity index (χ0) is 62.5. The predicted octanol–water partition coefficient (Wildman–Crippen LogP) is 6.07. The maximum absolute atomic E-state index is 14.7. The molecular weight excluding hydrogens is 1170 g/mol. The molecule has 2 aromatic heterocycles. The molecule has 2 spiro atoms. The second kappa shape index (κ2) is 22.1. The lowest BCUT2D eigenvalue weighted by molar-refractivity contribution is -0.0567. The normalized spacial score (nSPS) is 26.9. The number of aryl methyl sites for hydroxylation is 2. The van der Waals surface area contributed by atoms with E-state index in [1.807, 2.05) is 93.9 Å². The summed E-state index contributed by atoms with van der Waals surface area (Å²) in [7, 11) is -19.6. The van der Waals surface area contributed by atoms with Crippen LogP contribution in [0, 0.1) is 37.5 Å². The average molecular weight is 1250 g/mol. The standard InChI is InChI=1S/C54H88N6O16S2Si4/c1-35-29-59(45-41(73-81(19,20)51(9,10)11)53(37(55)33-77(65,66)75-53)39(71-45)31-69-79(15,16)49(3,4)5)47(63)57(43(35)61)27-25-23-24-26-28-58-44(62)36(2)30-60(48(58)64)46-42(74-82(21,22)52(12,13)14)54(38(56)34-78(67,68)76-54)40(72-46)32-70-80(17,18)50(6,7)8/h29-30,33-34,39-42,45-46H,27-28,31-32,55-56H2,1-22H3. The number of aromatic nitrogens is 4. The van der Waals surface area contributed by atoms with Crippen molar-refractivity contribution in [1.29, 1.82) is 0 Å². The van der Waals surface area contributed by atoms with Gasteiger partial charge in [0.25, 0.3) is 31.4 Å². The molecule has 0 saturated carbocycles. The van der Waals surface area contributed by atoms with Crippen molar-refractivity contribution in [2.45, 2.75) is 231 Å². The van der Waals surface area contributed by atoms with Crippen LogP contribution in [0.5, 0.6) is 0 Å². The Balaban J connectivity index is 1.39. The van der Waals surface area contributed by atoms with Crippen molar-refractivity contribution in [3.05, 3.63) is 87.4 Å². The molecule has 2 aromatic rings. The molecule has 6 heterocycles. The highest BCUT2D eigenvalue weighted by Crippen LogP contribution is 2.54. The van der Waals surface area contributed by atoms with Gasteiger partial charge in [0, 0.05) is 23.5 Å². The first-order valence-electron chi connectivity index (χ1n) is 27.3. The Morgan fingerprint density at radius 2 is 0.829 bits per heavy atom. The first-order valence-corrected chi connectivity index (χ1v) is 41.9. The largest absolute Gasteiger partial charge is 0.414 e. The number of nitrogens with zero attached hydrogens (tertiary/aromatic N) is 4. The van der Waals surface area contributed by atoms with Crippen molar-refractivity contribution >= 4 is 53.5 Å². The van der Waals surface area contributed by atoms with Crippen molar-refractivity contribution in [2.75, 3.05) is 13.2 Å². The molecular formula is C54H88N6O16S2Si4. The molecule has 8 unspecified atom stereocenters. The number of nitrogens with two attached hydrogens (primary N) is 2. The van der Waals surface area contributed by atoms with Crippen LogP contribution >= 0.6 is 0 Å². The maximum Gasteiger partial charge on any atom is 0.334 e. The summed E-state index contributed by atoms with van der Waals surface area (Å²) in [4.78, 5) is 57.0. The molecule has 0 aromatic carbocycles. The van der Waals surface area contributed by atoms with Crippen molar-refractivity contribution in [2.24, 2.45) is 11.5 Å². The smallest absolute Gasteiger partial charge is 0.334 e. The van der Waals surface area contributed by atoms with E-state index >= 15 is 0 Å². The molecule has 0 aliphatic carbocycles. The lowest BCUT2D eigenvalue weighted by atomic mass is 9.89. The van der Waals surface area contributed by atoms with Gasteiger partial charge in [0.2, 0.25) is 0 Å². The van der Waals surface area contributed by atoms with Gasteiger partial charge >= 0.3 is 11.4 Å². The lowest BCUT2D eigenvalue weighted by Gasteiger charge is -2.43. The van der Waals surface area contributed by atoms with E-state index in [1.165, 1.54) is 26.2 Å². The van der Waals surface area contributed by atoms with Gasteiger partial charge in [-0.2, -0.15) is 16.8 Å². The summed E-state index contributed by atoms with van der Waals surface area (Å²) in [5.41, 5.74) is 6.15. The first kappa shape index (κ1) is 67.1. The molecule has 4 aliphatic rings. The third kappa shape index (κ3) is 12.5. The highest BCUT2D eigenvalue weighted by Gasteiger charge is 2.69. The molecule has 2 saturated heterocycles. The van der Waals surface area contributed by atoms with E-state index in [4.69, 9.17) is 47.0 Å². The highest BCUT2D eigenvalue weighted by atomic mass is 32.2. The molecule has 4 aliphatic heterocycles. The van der Waals surface area contributed by atoms with Crippen LogP contribution in [0.1, 0.15) is 107 Å².